The van der Waals surface area contributed by atoms with Gasteiger partial charge in [-0.2, -0.15) is 0 Å². The lowest BCUT2D eigenvalue weighted by molar-refractivity contribution is -0.131. The molecule has 5 heteroatoms. The van der Waals surface area contributed by atoms with Crippen molar-refractivity contribution in [3.05, 3.63) is 71.0 Å². The Morgan fingerprint density at radius 2 is 1.80 bits per heavy atom. The van der Waals surface area contributed by atoms with Gasteiger partial charge in [0, 0.05) is 20.0 Å². The summed E-state index contributed by atoms with van der Waals surface area (Å²) in [6.07, 6.45) is 1.02. The van der Waals surface area contributed by atoms with Gasteiger partial charge in [0.05, 0.1) is 5.56 Å². The van der Waals surface area contributed by atoms with Crippen LogP contribution in [0.1, 0.15) is 34.8 Å². The molecule has 0 saturated carbocycles. The van der Waals surface area contributed by atoms with E-state index in [9.17, 15) is 14.0 Å². The lowest BCUT2D eigenvalue weighted by atomic mass is 9.97. The van der Waals surface area contributed by atoms with Crippen LogP contribution in [0.25, 0.3) is 0 Å². The molecule has 0 spiro atoms. The third kappa shape index (κ3) is 5.71. The van der Waals surface area contributed by atoms with E-state index in [1.807, 2.05) is 13.0 Å². The molecule has 0 aromatic heterocycles. The minimum atomic E-state index is -0.970. The van der Waals surface area contributed by atoms with Gasteiger partial charge in [-0.1, -0.05) is 31.2 Å². The highest BCUT2D eigenvalue weighted by Gasteiger charge is 2.15. The number of carboxylic acids is 1. The van der Waals surface area contributed by atoms with Gasteiger partial charge in [-0.05, 0) is 47.7 Å². The van der Waals surface area contributed by atoms with Crippen molar-refractivity contribution in [3.8, 4) is 0 Å². The zero-order valence-corrected chi connectivity index (χ0v) is 14.4. The summed E-state index contributed by atoms with van der Waals surface area (Å²) in [6, 6.07) is 12.9. The van der Waals surface area contributed by atoms with Crippen molar-refractivity contribution in [1.82, 2.24) is 4.90 Å². The van der Waals surface area contributed by atoms with Gasteiger partial charge < -0.3 is 10.0 Å². The van der Waals surface area contributed by atoms with Crippen LogP contribution < -0.4 is 0 Å². The molecule has 0 radical (unpaired) electrons. The second kappa shape index (κ2) is 8.42. The number of hydrogen-bond acceptors (Lipinski definition) is 2. The Balaban J connectivity index is 1.87. The van der Waals surface area contributed by atoms with E-state index in [0.29, 0.717) is 19.4 Å². The third-order valence-electron chi connectivity index (χ3n) is 4.04. The van der Waals surface area contributed by atoms with Gasteiger partial charge in [0.2, 0.25) is 5.91 Å². The number of rotatable bonds is 7. The van der Waals surface area contributed by atoms with Crippen LogP contribution >= 0.6 is 0 Å². The molecule has 1 amide bonds. The van der Waals surface area contributed by atoms with E-state index in [1.54, 1.807) is 30.1 Å². The van der Waals surface area contributed by atoms with Crippen molar-refractivity contribution < 1.29 is 19.1 Å². The molecule has 132 valence electrons. The van der Waals surface area contributed by atoms with Crippen LogP contribution in [0.2, 0.25) is 0 Å². The number of amides is 1. The average Bonchev–Trinajstić information content (AvgIpc) is 2.55. The van der Waals surface area contributed by atoms with E-state index in [-0.39, 0.29) is 23.2 Å². The van der Waals surface area contributed by atoms with E-state index < -0.39 is 5.97 Å². The zero-order chi connectivity index (χ0) is 18.4. The Kier molecular flexibility index (Phi) is 6.28. The molecule has 0 bridgehead atoms. The second-order valence-corrected chi connectivity index (χ2v) is 6.40. The fourth-order valence-electron chi connectivity index (χ4n) is 2.71. The average molecular weight is 343 g/mol. The van der Waals surface area contributed by atoms with Crippen molar-refractivity contribution in [1.29, 1.82) is 0 Å². The van der Waals surface area contributed by atoms with E-state index in [2.05, 4.69) is 0 Å². The molecule has 1 N–H and O–H groups in total. The number of carbonyl (C=O) groups is 2. The van der Waals surface area contributed by atoms with E-state index >= 15 is 0 Å². The van der Waals surface area contributed by atoms with Crippen molar-refractivity contribution >= 4 is 11.9 Å². The first-order valence-corrected chi connectivity index (χ1v) is 8.16. The Bertz CT molecular complexity index is 743. The van der Waals surface area contributed by atoms with Gasteiger partial charge in [-0.25, -0.2) is 9.18 Å². The summed E-state index contributed by atoms with van der Waals surface area (Å²) < 4.78 is 13.2. The molecule has 0 aliphatic heterocycles. The largest absolute Gasteiger partial charge is 0.478 e. The predicted molar refractivity (Wildman–Crippen MR) is 93.8 cm³/mol. The van der Waals surface area contributed by atoms with Crippen LogP contribution in [-0.2, 0) is 17.8 Å². The van der Waals surface area contributed by atoms with Crippen LogP contribution in [-0.4, -0.2) is 28.9 Å². The third-order valence-corrected chi connectivity index (χ3v) is 4.04. The fourth-order valence-corrected chi connectivity index (χ4v) is 2.71. The lowest BCUT2D eigenvalue weighted by Crippen LogP contribution is -2.28. The Labute approximate surface area is 146 Å². The summed E-state index contributed by atoms with van der Waals surface area (Å²) in [6.45, 7) is 2.39. The minimum Gasteiger partial charge on any atom is -0.478 e. The molecule has 1 unspecified atom stereocenters. The van der Waals surface area contributed by atoms with Gasteiger partial charge in [0.15, 0.2) is 0 Å². The Morgan fingerprint density at radius 1 is 1.12 bits per heavy atom. The molecule has 2 aromatic carbocycles. The SMILES string of the molecule is CC(CC(=O)N(C)Cc1ccc(C(=O)O)cc1)Cc1cccc(F)c1. The standard InChI is InChI=1S/C20H22FNO3/c1-14(10-16-4-3-5-18(21)12-16)11-19(23)22(2)13-15-6-8-17(9-7-15)20(24)25/h3-9,12,14H,10-11,13H2,1-2H3,(H,24,25). The number of hydrogen-bond donors (Lipinski definition) is 1. The molecule has 2 aromatic rings. The summed E-state index contributed by atoms with van der Waals surface area (Å²) in [5.41, 5.74) is 1.98. The molecule has 0 fully saturated rings. The molecule has 2 rings (SSSR count). The number of carbonyl (C=O) groups excluding carboxylic acids is 1. The maximum absolute atomic E-state index is 13.2. The van der Waals surface area contributed by atoms with Gasteiger partial charge >= 0.3 is 5.97 Å². The van der Waals surface area contributed by atoms with Crippen LogP contribution in [0.15, 0.2) is 48.5 Å². The van der Waals surface area contributed by atoms with E-state index in [1.165, 1.54) is 24.3 Å². The number of aromatic carboxylic acids is 1. The normalized spacial score (nSPS) is 11.8. The summed E-state index contributed by atoms with van der Waals surface area (Å²) in [4.78, 5) is 24.8. The maximum Gasteiger partial charge on any atom is 0.335 e. The van der Waals surface area contributed by atoms with Crippen molar-refractivity contribution in [2.75, 3.05) is 7.05 Å². The minimum absolute atomic E-state index is 0.00575. The maximum atomic E-state index is 13.2. The zero-order valence-electron chi connectivity index (χ0n) is 14.4. The first-order valence-electron chi connectivity index (χ1n) is 8.16. The number of nitrogens with zero attached hydrogens (tertiary/aromatic N) is 1. The molecule has 0 saturated heterocycles. The molecule has 25 heavy (non-hydrogen) atoms. The topological polar surface area (TPSA) is 57.6 Å². The van der Waals surface area contributed by atoms with Crippen LogP contribution in [0, 0.1) is 11.7 Å². The van der Waals surface area contributed by atoms with Crippen molar-refractivity contribution in [2.45, 2.75) is 26.3 Å². The summed E-state index contributed by atoms with van der Waals surface area (Å²) in [5.74, 6) is -1.13. The summed E-state index contributed by atoms with van der Waals surface area (Å²) in [5, 5.41) is 8.90. The van der Waals surface area contributed by atoms with Gasteiger partial charge in [0.1, 0.15) is 5.82 Å². The number of carboxylic acid groups (broad SMARTS) is 1. The molecule has 0 aliphatic carbocycles. The lowest BCUT2D eigenvalue weighted by Gasteiger charge is -2.20. The first kappa shape index (κ1) is 18.6. The van der Waals surface area contributed by atoms with Crippen molar-refractivity contribution in [2.24, 2.45) is 5.92 Å². The van der Waals surface area contributed by atoms with Crippen LogP contribution in [0.4, 0.5) is 4.39 Å². The molecule has 1 atom stereocenters. The summed E-state index contributed by atoms with van der Waals surface area (Å²) in [7, 11) is 1.72. The number of halogens is 1. The molecular formula is C20H22FNO3. The van der Waals surface area contributed by atoms with E-state index in [0.717, 1.165) is 11.1 Å². The highest BCUT2D eigenvalue weighted by molar-refractivity contribution is 5.87. The van der Waals surface area contributed by atoms with Gasteiger partial charge in [-0.3, -0.25) is 4.79 Å². The predicted octanol–water partition coefficient (Wildman–Crippen LogP) is 3.75. The van der Waals surface area contributed by atoms with Gasteiger partial charge in [0.25, 0.3) is 0 Å². The van der Waals surface area contributed by atoms with E-state index in [4.69, 9.17) is 5.11 Å². The highest BCUT2D eigenvalue weighted by atomic mass is 19.1. The Hall–Kier alpha value is -2.69. The monoisotopic (exact) mass is 343 g/mol. The molecule has 0 heterocycles. The van der Waals surface area contributed by atoms with Crippen molar-refractivity contribution in [3.63, 3.8) is 0 Å². The van der Waals surface area contributed by atoms with Crippen LogP contribution in [0.3, 0.4) is 0 Å². The first-order chi connectivity index (χ1) is 11.8. The highest BCUT2D eigenvalue weighted by Crippen LogP contribution is 2.15. The smallest absolute Gasteiger partial charge is 0.335 e. The summed E-state index contributed by atoms with van der Waals surface area (Å²) >= 11 is 0. The molecule has 0 aliphatic rings. The molecular weight excluding hydrogens is 321 g/mol. The fraction of sp³-hybridized carbons (Fsp3) is 0.300. The second-order valence-electron chi connectivity index (χ2n) is 6.40. The quantitative estimate of drug-likeness (QED) is 0.833. The van der Waals surface area contributed by atoms with Crippen LogP contribution in [0.5, 0.6) is 0 Å². The van der Waals surface area contributed by atoms with Gasteiger partial charge in [-0.15, -0.1) is 0 Å². The Morgan fingerprint density at radius 3 is 2.40 bits per heavy atom. The molecule has 4 nitrogen and oxygen atoms in total. The number of benzene rings is 2.